The molecule has 0 atom stereocenters. The van der Waals surface area contributed by atoms with Crippen molar-refractivity contribution in [2.75, 3.05) is 26.3 Å². The maximum atomic E-state index is 11.7. The molecule has 0 aromatic heterocycles. The number of nitrogens with zero attached hydrogens (tertiary/aromatic N) is 1. The minimum atomic E-state index is -4.42. The number of ketones is 1. The molecule has 1 aliphatic rings. The zero-order valence-electron chi connectivity index (χ0n) is 8.55. The summed E-state index contributed by atoms with van der Waals surface area (Å²) in [6.07, 6.45) is -3.88. The zero-order valence-corrected chi connectivity index (χ0v) is 8.55. The third kappa shape index (κ3) is 4.61. The maximum absolute atomic E-state index is 11.7. The summed E-state index contributed by atoms with van der Waals surface area (Å²) >= 11 is 0. The van der Waals surface area contributed by atoms with Gasteiger partial charge in [-0.05, 0) is 0 Å². The first-order chi connectivity index (χ1) is 7.38. The van der Waals surface area contributed by atoms with E-state index in [2.05, 4.69) is 4.74 Å². The van der Waals surface area contributed by atoms with Gasteiger partial charge in [0.1, 0.15) is 19.0 Å². The van der Waals surface area contributed by atoms with Gasteiger partial charge < -0.3 is 9.64 Å². The molecule has 1 heterocycles. The van der Waals surface area contributed by atoms with Crippen molar-refractivity contribution in [2.24, 2.45) is 0 Å². The molecule has 1 amide bonds. The van der Waals surface area contributed by atoms with E-state index >= 15 is 0 Å². The molecule has 0 aromatic rings. The van der Waals surface area contributed by atoms with Crippen molar-refractivity contribution in [3.63, 3.8) is 0 Å². The molecule has 7 heteroatoms. The second-order valence-corrected chi connectivity index (χ2v) is 3.53. The van der Waals surface area contributed by atoms with E-state index < -0.39 is 25.3 Å². The van der Waals surface area contributed by atoms with Crippen molar-refractivity contribution in [3.05, 3.63) is 0 Å². The van der Waals surface area contributed by atoms with Crippen LogP contribution >= 0.6 is 0 Å². The number of carbonyl (C=O) groups is 2. The zero-order chi connectivity index (χ0) is 12.2. The van der Waals surface area contributed by atoms with E-state index in [1.807, 2.05) is 0 Å². The lowest BCUT2D eigenvalue weighted by atomic mass is 10.1. The van der Waals surface area contributed by atoms with Crippen LogP contribution in [0.25, 0.3) is 0 Å². The lowest BCUT2D eigenvalue weighted by molar-refractivity contribution is -0.178. The minimum absolute atomic E-state index is 0.0697. The van der Waals surface area contributed by atoms with Crippen molar-refractivity contribution in [1.82, 2.24) is 4.90 Å². The fourth-order valence-corrected chi connectivity index (χ4v) is 1.35. The molecule has 0 saturated carbocycles. The number of rotatable bonds is 3. The summed E-state index contributed by atoms with van der Waals surface area (Å²) < 4.78 is 39.4. The molecule has 1 fully saturated rings. The van der Waals surface area contributed by atoms with Crippen LogP contribution in [0.15, 0.2) is 0 Å². The standard InChI is InChI=1S/C9H12F3NO3/c10-9(11,12)6-16-5-8(15)13-3-1-7(14)2-4-13/h1-6H2. The molecule has 1 rings (SSSR count). The first kappa shape index (κ1) is 13.0. The fourth-order valence-electron chi connectivity index (χ4n) is 1.35. The molecule has 0 spiro atoms. The van der Waals surface area contributed by atoms with Crippen LogP contribution in [0, 0.1) is 0 Å². The number of hydrogen-bond acceptors (Lipinski definition) is 3. The third-order valence-electron chi connectivity index (χ3n) is 2.17. The number of alkyl halides is 3. The van der Waals surface area contributed by atoms with Gasteiger partial charge in [0.25, 0.3) is 0 Å². The van der Waals surface area contributed by atoms with Gasteiger partial charge in [0.15, 0.2) is 0 Å². The molecular weight excluding hydrogens is 227 g/mol. The summed E-state index contributed by atoms with van der Waals surface area (Å²) in [5.41, 5.74) is 0. The quantitative estimate of drug-likeness (QED) is 0.730. The van der Waals surface area contributed by atoms with Crippen LogP contribution in [-0.4, -0.2) is 49.1 Å². The summed E-state index contributed by atoms with van der Waals surface area (Å²) in [6, 6.07) is 0. The molecule has 0 unspecified atom stereocenters. The molecule has 0 bridgehead atoms. The van der Waals surface area contributed by atoms with Gasteiger partial charge in [0.2, 0.25) is 5.91 Å². The predicted molar refractivity (Wildman–Crippen MR) is 47.7 cm³/mol. The largest absolute Gasteiger partial charge is 0.411 e. The number of amides is 1. The number of carbonyl (C=O) groups excluding carboxylic acids is 2. The molecule has 0 aromatic carbocycles. The van der Waals surface area contributed by atoms with Crippen molar-refractivity contribution in [1.29, 1.82) is 0 Å². The Morgan fingerprint density at radius 3 is 2.38 bits per heavy atom. The Kier molecular flexibility index (Phi) is 4.28. The highest BCUT2D eigenvalue weighted by atomic mass is 19.4. The number of halogens is 3. The Hall–Kier alpha value is -1.11. The van der Waals surface area contributed by atoms with Crippen LogP contribution in [0.1, 0.15) is 12.8 Å². The normalized spacial score (nSPS) is 17.7. The number of Topliss-reactive ketones (excluding diaryl/α,β-unsaturated/α-hetero) is 1. The van der Waals surface area contributed by atoms with Gasteiger partial charge in [-0.15, -0.1) is 0 Å². The van der Waals surface area contributed by atoms with E-state index in [0.29, 0.717) is 0 Å². The van der Waals surface area contributed by atoms with E-state index in [0.717, 1.165) is 0 Å². The van der Waals surface area contributed by atoms with Crippen LogP contribution in [0.3, 0.4) is 0 Å². The van der Waals surface area contributed by atoms with Gasteiger partial charge >= 0.3 is 6.18 Å². The number of likely N-dealkylation sites (tertiary alicyclic amines) is 1. The molecule has 16 heavy (non-hydrogen) atoms. The molecule has 0 N–H and O–H groups in total. The Morgan fingerprint density at radius 1 is 1.31 bits per heavy atom. The summed E-state index contributed by atoms with van der Waals surface area (Å²) in [4.78, 5) is 23.5. The Bertz CT molecular complexity index is 268. The van der Waals surface area contributed by atoms with Crippen LogP contribution < -0.4 is 0 Å². The lowest BCUT2D eigenvalue weighted by Gasteiger charge is -2.25. The first-order valence-corrected chi connectivity index (χ1v) is 4.82. The van der Waals surface area contributed by atoms with E-state index in [9.17, 15) is 22.8 Å². The SMILES string of the molecule is O=C1CCN(C(=O)COCC(F)(F)F)CC1. The van der Waals surface area contributed by atoms with Crippen LogP contribution in [-0.2, 0) is 14.3 Å². The monoisotopic (exact) mass is 239 g/mol. The van der Waals surface area contributed by atoms with Crippen molar-refractivity contribution in [2.45, 2.75) is 19.0 Å². The molecule has 1 aliphatic heterocycles. The maximum Gasteiger partial charge on any atom is 0.411 e. The average Bonchev–Trinajstić information content (AvgIpc) is 2.16. The van der Waals surface area contributed by atoms with E-state index in [1.165, 1.54) is 4.90 Å². The summed E-state index contributed by atoms with van der Waals surface area (Å²) in [5.74, 6) is -0.433. The van der Waals surface area contributed by atoms with Gasteiger partial charge in [0, 0.05) is 25.9 Å². The number of hydrogen-bond donors (Lipinski definition) is 0. The first-order valence-electron chi connectivity index (χ1n) is 4.82. The van der Waals surface area contributed by atoms with E-state index in [4.69, 9.17) is 0 Å². The van der Waals surface area contributed by atoms with Crippen LogP contribution in [0.2, 0.25) is 0 Å². The Labute approximate surface area is 90.3 Å². The summed E-state index contributed by atoms with van der Waals surface area (Å²) in [7, 11) is 0. The number of ether oxygens (including phenoxy) is 1. The highest BCUT2D eigenvalue weighted by molar-refractivity contribution is 5.83. The van der Waals surface area contributed by atoms with Crippen molar-refractivity contribution in [3.8, 4) is 0 Å². The fraction of sp³-hybridized carbons (Fsp3) is 0.778. The second kappa shape index (κ2) is 5.29. The molecule has 92 valence electrons. The van der Waals surface area contributed by atoms with Crippen molar-refractivity contribution < 1.29 is 27.5 Å². The second-order valence-electron chi connectivity index (χ2n) is 3.53. The average molecular weight is 239 g/mol. The Balaban J connectivity index is 2.22. The molecule has 4 nitrogen and oxygen atoms in total. The summed E-state index contributed by atoms with van der Waals surface area (Å²) in [6.45, 7) is -1.47. The van der Waals surface area contributed by atoms with Gasteiger partial charge in [-0.1, -0.05) is 0 Å². The highest BCUT2D eigenvalue weighted by Crippen LogP contribution is 2.14. The van der Waals surface area contributed by atoms with E-state index in [1.54, 1.807) is 0 Å². The highest BCUT2D eigenvalue weighted by Gasteiger charge is 2.28. The molecule has 0 aliphatic carbocycles. The van der Waals surface area contributed by atoms with E-state index in [-0.39, 0.29) is 31.7 Å². The van der Waals surface area contributed by atoms with Crippen LogP contribution in [0.4, 0.5) is 13.2 Å². The lowest BCUT2D eigenvalue weighted by Crippen LogP contribution is -2.41. The van der Waals surface area contributed by atoms with Gasteiger partial charge in [-0.2, -0.15) is 13.2 Å². The number of piperidine rings is 1. The predicted octanol–water partition coefficient (Wildman–Crippen LogP) is 0.757. The summed E-state index contributed by atoms with van der Waals surface area (Å²) in [5, 5.41) is 0. The van der Waals surface area contributed by atoms with Crippen molar-refractivity contribution >= 4 is 11.7 Å². The van der Waals surface area contributed by atoms with Gasteiger partial charge in [-0.25, -0.2) is 0 Å². The molecule has 1 saturated heterocycles. The van der Waals surface area contributed by atoms with Crippen LogP contribution in [0.5, 0.6) is 0 Å². The third-order valence-corrected chi connectivity index (χ3v) is 2.17. The smallest absolute Gasteiger partial charge is 0.362 e. The Morgan fingerprint density at radius 2 is 1.88 bits per heavy atom. The van der Waals surface area contributed by atoms with Gasteiger partial charge in [0.05, 0.1) is 0 Å². The molecule has 0 radical (unpaired) electrons. The topological polar surface area (TPSA) is 46.6 Å². The minimum Gasteiger partial charge on any atom is -0.362 e. The molecular formula is C9H12F3NO3. The van der Waals surface area contributed by atoms with Gasteiger partial charge in [-0.3, -0.25) is 9.59 Å².